The predicted molar refractivity (Wildman–Crippen MR) is 89.8 cm³/mol. The van der Waals surface area contributed by atoms with E-state index in [1.54, 1.807) is 24.7 Å². The summed E-state index contributed by atoms with van der Waals surface area (Å²) < 4.78 is -0.0250. The van der Waals surface area contributed by atoms with E-state index in [9.17, 15) is 10.0 Å². The molecule has 1 aliphatic rings. The van der Waals surface area contributed by atoms with E-state index in [0.717, 1.165) is 5.56 Å². The number of hydroxylamine groups is 2. The van der Waals surface area contributed by atoms with Gasteiger partial charge in [-0.3, -0.25) is 10.2 Å². The van der Waals surface area contributed by atoms with Crippen LogP contribution in [-0.2, 0) is 0 Å². The maximum atomic E-state index is 11.7. The number of hydrogen-bond donors (Lipinski definition) is 2. The molecule has 1 aromatic heterocycles. The van der Waals surface area contributed by atoms with Gasteiger partial charge in [-0.05, 0) is 19.9 Å². The second-order valence-electron chi connectivity index (χ2n) is 5.12. The predicted octanol–water partition coefficient (Wildman–Crippen LogP) is 1.88. The van der Waals surface area contributed by atoms with Gasteiger partial charge in [0.25, 0.3) is 0 Å². The average Bonchev–Trinajstić information content (AvgIpc) is 2.73. The van der Waals surface area contributed by atoms with Gasteiger partial charge in [-0.15, -0.1) is 0 Å². The molecule has 2 heterocycles. The molecule has 0 aliphatic carbocycles. The van der Waals surface area contributed by atoms with E-state index in [1.807, 2.05) is 19.9 Å². The van der Waals surface area contributed by atoms with Crippen molar-refractivity contribution in [3.8, 4) is 0 Å². The maximum Gasteiger partial charge on any atom is 0.343 e. The number of carbonyl (C=O) groups is 1. The minimum Gasteiger partial charge on any atom is -0.339 e. The van der Waals surface area contributed by atoms with Gasteiger partial charge in [0.1, 0.15) is 0 Å². The number of nitrogens with one attached hydrogen (secondary N) is 1. The van der Waals surface area contributed by atoms with Gasteiger partial charge >= 0.3 is 6.03 Å². The van der Waals surface area contributed by atoms with Crippen LogP contribution in [0.5, 0.6) is 0 Å². The molecule has 22 heavy (non-hydrogen) atoms. The molecule has 118 valence electrons. The quantitative estimate of drug-likeness (QED) is 0.379. The van der Waals surface area contributed by atoms with Crippen molar-refractivity contribution < 1.29 is 10.0 Å². The van der Waals surface area contributed by atoms with Crippen molar-refractivity contribution in [1.29, 1.82) is 0 Å². The Morgan fingerprint density at radius 3 is 3.00 bits per heavy atom. The number of thiocarbonyl (C=S) groups is 1. The number of nitrogens with zero attached hydrogens (tertiary/aromatic N) is 4. The van der Waals surface area contributed by atoms with Gasteiger partial charge in [0, 0.05) is 25.0 Å². The van der Waals surface area contributed by atoms with Crippen LogP contribution >= 0.6 is 24.0 Å². The minimum absolute atomic E-state index is 0.484. The summed E-state index contributed by atoms with van der Waals surface area (Å²) in [4.78, 5) is 15.7. The molecule has 0 aromatic carbocycles. The van der Waals surface area contributed by atoms with Crippen LogP contribution in [0.2, 0.25) is 0 Å². The largest absolute Gasteiger partial charge is 0.343 e. The van der Waals surface area contributed by atoms with Crippen molar-refractivity contribution in [2.24, 2.45) is 5.10 Å². The molecular formula is C13H17N5O2S2. The Hall–Kier alpha value is -1.71. The summed E-state index contributed by atoms with van der Waals surface area (Å²) in [7, 11) is 1.45. The number of thioether (sulfide) groups is 1. The highest BCUT2D eigenvalue weighted by molar-refractivity contribution is 8.24. The zero-order valence-corrected chi connectivity index (χ0v) is 14.1. The molecule has 0 spiro atoms. The molecule has 1 atom stereocenters. The lowest BCUT2D eigenvalue weighted by atomic mass is 10.1. The number of amides is 2. The first-order chi connectivity index (χ1) is 10.4. The van der Waals surface area contributed by atoms with E-state index in [0.29, 0.717) is 9.38 Å². The van der Waals surface area contributed by atoms with Crippen molar-refractivity contribution in [2.75, 3.05) is 7.05 Å². The number of pyridine rings is 1. The molecule has 1 aliphatic heterocycles. The molecule has 0 unspecified atom stereocenters. The van der Waals surface area contributed by atoms with E-state index in [1.165, 1.54) is 23.8 Å². The Bertz CT molecular complexity index is 593. The first kappa shape index (κ1) is 16.7. The highest BCUT2D eigenvalue weighted by Crippen LogP contribution is 2.42. The molecule has 0 saturated carbocycles. The second kappa shape index (κ2) is 6.59. The number of hydrazone groups is 1. The van der Waals surface area contributed by atoms with Crippen LogP contribution in [0.3, 0.4) is 0 Å². The normalized spacial score (nSPS) is 20.5. The minimum atomic E-state index is -0.710. The van der Waals surface area contributed by atoms with E-state index in [-0.39, 0.29) is 0 Å². The molecule has 1 aromatic rings. The SMILES string of the molecule is CNC(=O)N(O)[C@@H]1N(/N=C\c2cccnc2)C(=S)SC1(C)C. The second-order valence-corrected chi connectivity index (χ2v) is 7.41. The Morgan fingerprint density at radius 1 is 1.68 bits per heavy atom. The summed E-state index contributed by atoms with van der Waals surface area (Å²) in [6, 6.07) is 3.02. The lowest BCUT2D eigenvalue weighted by Gasteiger charge is -2.33. The Kier molecular flexibility index (Phi) is 4.99. The third-order valence-electron chi connectivity index (χ3n) is 3.06. The third-order valence-corrected chi connectivity index (χ3v) is 4.60. The van der Waals surface area contributed by atoms with Crippen LogP contribution in [0.15, 0.2) is 29.6 Å². The number of rotatable bonds is 3. The van der Waals surface area contributed by atoms with E-state index in [4.69, 9.17) is 12.2 Å². The van der Waals surface area contributed by atoms with E-state index >= 15 is 0 Å². The lowest BCUT2D eigenvalue weighted by Crippen LogP contribution is -2.55. The molecular weight excluding hydrogens is 322 g/mol. The highest BCUT2D eigenvalue weighted by atomic mass is 32.2. The number of hydrogen-bond acceptors (Lipinski definition) is 6. The fourth-order valence-corrected chi connectivity index (χ4v) is 3.82. The first-order valence-electron chi connectivity index (χ1n) is 6.53. The van der Waals surface area contributed by atoms with Gasteiger partial charge in [-0.1, -0.05) is 30.0 Å². The van der Waals surface area contributed by atoms with Crippen LogP contribution in [-0.4, -0.2) is 54.8 Å². The van der Waals surface area contributed by atoms with Crippen molar-refractivity contribution in [3.05, 3.63) is 30.1 Å². The number of urea groups is 1. The Morgan fingerprint density at radius 2 is 2.41 bits per heavy atom. The summed E-state index contributed by atoms with van der Waals surface area (Å²) in [6.07, 6.45) is 4.20. The molecule has 2 rings (SSSR count). The Labute approximate surface area is 138 Å². The van der Waals surface area contributed by atoms with Gasteiger partial charge in [0.2, 0.25) is 0 Å². The van der Waals surface area contributed by atoms with Crippen molar-refractivity contribution >= 4 is 40.5 Å². The fraction of sp³-hybridized carbons (Fsp3) is 0.385. The molecule has 9 heteroatoms. The van der Waals surface area contributed by atoms with Crippen molar-refractivity contribution in [3.63, 3.8) is 0 Å². The third kappa shape index (κ3) is 3.37. The van der Waals surface area contributed by atoms with Crippen LogP contribution < -0.4 is 5.32 Å². The molecule has 0 radical (unpaired) electrons. The molecule has 1 fully saturated rings. The summed E-state index contributed by atoms with van der Waals surface area (Å²) >= 11 is 6.69. The number of carbonyl (C=O) groups excluding carboxylic acids is 1. The van der Waals surface area contributed by atoms with Gasteiger partial charge in [-0.25, -0.2) is 9.80 Å². The summed E-state index contributed by atoms with van der Waals surface area (Å²) in [6.45, 7) is 3.78. The first-order valence-corrected chi connectivity index (χ1v) is 7.75. The zero-order chi connectivity index (χ0) is 16.3. The van der Waals surface area contributed by atoms with Crippen LogP contribution in [0, 0.1) is 0 Å². The van der Waals surface area contributed by atoms with Crippen LogP contribution in [0.1, 0.15) is 19.4 Å². The van der Waals surface area contributed by atoms with E-state index in [2.05, 4.69) is 15.4 Å². The zero-order valence-electron chi connectivity index (χ0n) is 12.4. The fourth-order valence-electron chi connectivity index (χ4n) is 2.03. The smallest absolute Gasteiger partial charge is 0.339 e. The molecule has 2 amide bonds. The van der Waals surface area contributed by atoms with Gasteiger partial charge < -0.3 is 5.32 Å². The van der Waals surface area contributed by atoms with Gasteiger partial charge in [0.05, 0.1) is 11.0 Å². The molecule has 7 nitrogen and oxygen atoms in total. The topological polar surface area (TPSA) is 81.1 Å². The number of aromatic nitrogens is 1. The van der Waals surface area contributed by atoms with Gasteiger partial charge in [-0.2, -0.15) is 10.2 Å². The van der Waals surface area contributed by atoms with Crippen LogP contribution in [0.25, 0.3) is 0 Å². The van der Waals surface area contributed by atoms with Gasteiger partial charge in [0.15, 0.2) is 10.5 Å². The highest BCUT2D eigenvalue weighted by Gasteiger charge is 2.49. The van der Waals surface area contributed by atoms with Crippen molar-refractivity contribution in [2.45, 2.75) is 24.8 Å². The summed E-state index contributed by atoms with van der Waals surface area (Å²) in [5.41, 5.74) is 0.795. The summed E-state index contributed by atoms with van der Waals surface area (Å²) in [5, 5.41) is 18.9. The van der Waals surface area contributed by atoms with E-state index < -0.39 is 16.9 Å². The average molecular weight is 339 g/mol. The summed E-state index contributed by atoms with van der Waals surface area (Å²) in [5.74, 6) is 0. The lowest BCUT2D eigenvalue weighted by molar-refractivity contribution is -0.117. The monoisotopic (exact) mass is 339 g/mol. The standard InChI is InChI=1S/C13H17N5O2S2/c1-13(2)10(18(20)11(19)14-3)17(12(21)22-13)16-8-9-5-4-6-15-7-9/h4-8,10,20H,1-3H3,(H,14,19)/b16-8-/t10-/m0/s1. The molecule has 1 saturated heterocycles. The van der Waals surface area contributed by atoms with Crippen LogP contribution in [0.4, 0.5) is 4.79 Å². The van der Waals surface area contributed by atoms with Crippen molar-refractivity contribution in [1.82, 2.24) is 20.4 Å². The molecule has 2 N–H and O–H groups in total. The molecule has 0 bridgehead atoms. The maximum absolute atomic E-state index is 11.7. The Balaban J connectivity index is 2.28.